The SMILES string of the molecule is Cc1nc(CC(=O)CCC(CCN)C(C)C)sc1C. The lowest BCUT2D eigenvalue weighted by Crippen LogP contribution is -2.16. The molecule has 108 valence electrons. The minimum absolute atomic E-state index is 0.302. The summed E-state index contributed by atoms with van der Waals surface area (Å²) in [4.78, 5) is 17.6. The number of Topliss-reactive ketones (excluding diaryl/α,β-unsaturated/α-hetero) is 1. The minimum atomic E-state index is 0.302. The van der Waals surface area contributed by atoms with Gasteiger partial charge in [0.2, 0.25) is 0 Å². The van der Waals surface area contributed by atoms with Crippen LogP contribution < -0.4 is 5.73 Å². The van der Waals surface area contributed by atoms with Crippen LogP contribution in [0, 0.1) is 25.7 Å². The molecule has 4 heteroatoms. The Balaban J connectivity index is 2.42. The van der Waals surface area contributed by atoms with Gasteiger partial charge in [0, 0.05) is 11.3 Å². The molecule has 0 radical (unpaired) electrons. The van der Waals surface area contributed by atoms with E-state index in [-0.39, 0.29) is 0 Å². The first kappa shape index (κ1) is 16.3. The van der Waals surface area contributed by atoms with Crippen molar-refractivity contribution in [2.45, 2.75) is 53.4 Å². The monoisotopic (exact) mass is 282 g/mol. The molecule has 1 rings (SSSR count). The Morgan fingerprint density at radius 1 is 1.32 bits per heavy atom. The summed E-state index contributed by atoms with van der Waals surface area (Å²) in [6.07, 6.45) is 3.12. The second-order valence-corrected chi connectivity index (χ2v) is 6.87. The number of carbonyl (C=O) groups is 1. The van der Waals surface area contributed by atoms with E-state index in [4.69, 9.17) is 5.73 Å². The average molecular weight is 282 g/mol. The Kier molecular flexibility index (Phi) is 6.66. The second-order valence-electron chi connectivity index (χ2n) is 5.58. The number of hydrogen-bond acceptors (Lipinski definition) is 4. The van der Waals surface area contributed by atoms with Crippen molar-refractivity contribution >= 4 is 17.1 Å². The summed E-state index contributed by atoms with van der Waals surface area (Å²) < 4.78 is 0. The minimum Gasteiger partial charge on any atom is -0.330 e. The summed E-state index contributed by atoms with van der Waals surface area (Å²) in [5.74, 6) is 1.46. The highest BCUT2D eigenvalue weighted by Gasteiger charge is 2.15. The van der Waals surface area contributed by atoms with E-state index in [2.05, 4.69) is 25.8 Å². The van der Waals surface area contributed by atoms with Crippen molar-refractivity contribution in [3.63, 3.8) is 0 Å². The Labute approximate surface area is 120 Å². The molecule has 1 aromatic rings. The van der Waals surface area contributed by atoms with Gasteiger partial charge in [-0.15, -0.1) is 11.3 Å². The molecule has 0 amide bonds. The number of aromatic nitrogens is 1. The lowest BCUT2D eigenvalue weighted by Gasteiger charge is -2.19. The van der Waals surface area contributed by atoms with Crippen molar-refractivity contribution in [3.05, 3.63) is 15.6 Å². The van der Waals surface area contributed by atoms with Gasteiger partial charge in [-0.25, -0.2) is 4.98 Å². The highest BCUT2D eigenvalue weighted by atomic mass is 32.1. The quantitative estimate of drug-likeness (QED) is 0.796. The number of hydrogen-bond donors (Lipinski definition) is 1. The van der Waals surface area contributed by atoms with Crippen LogP contribution in [0.1, 0.15) is 48.7 Å². The van der Waals surface area contributed by atoms with E-state index >= 15 is 0 Å². The van der Waals surface area contributed by atoms with Gasteiger partial charge >= 0.3 is 0 Å². The zero-order valence-corrected chi connectivity index (χ0v) is 13.3. The molecule has 0 fully saturated rings. The Morgan fingerprint density at radius 2 is 2.00 bits per heavy atom. The highest BCUT2D eigenvalue weighted by Crippen LogP contribution is 2.22. The molecule has 1 atom stereocenters. The van der Waals surface area contributed by atoms with Gasteiger partial charge in [-0.1, -0.05) is 13.8 Å². The first-order valence-electron chi connectivity index (χ1n) is 7.08. The van der Waals surface area contributed by atoms with E-state index in [0.717, 1.165) is 23.5 Å². The average Bonchev–Trinajstić information content (AvgIpc) is 2.63. The van der Waals surface area contributed by atoms with Gasteiger partial charge < -0.3 is 5.73 Å². The predicted molar refractivity (Wildman–Crippen MR) is 81.5 cm³/mol. The number of thiazole rings is 1. The Hall–Kier alpha value is -0.740. The fourth-order valence-electron chi connectivity index (χ4n) is 2.24. The maximum Gasteiger partial charge on any atom is 0.139 e. The van der Waals surface area contributed by atoms with Gasteiger partial charge in [0.15, 0.2) is 0 Å². The van der Waals surface area contributed by atoms with Gasteiger partial charge in [0.05, 0.1) is 12.1 Å². The lowest BCUT2D eigenvalue weighted by molar-refractivity contribution is -0.118. The molecule has 0 aliphatic rings. The smallest absolute Gasteiger partial charge is 0.139 e. The van der Waals surface area contributed by atoms with Gasteiger partial charge in [-0.3, -0.25) is 4.79 Å². The second kappa shape index (κ2) is 7.75. The summed E-state index contributed by atoms with van der Waals surface area (Å²) in [5.41, 5.74) is 6.68. The van der Waals surface area contributed by atoms with Gasteiger partial charge in [-0.2, -0.15) is 0 Å². The maximum absolute atomic E-state index is 12.0. The summed E-state index contributed by atoms with van der Waals surface area (Å²) in [6, 6.07) is 0. The van der Waals surface area contributed by atoms with E-state index < -0.39 is 0 Å². The molecule has 0 spiro atoms. The summed E-state index contributed by atoms with van der Waals surface area (Å²) in [6.45, 7) is 9.17. The number of aryl methyl sites for hydroxylation is 2. The fourth-order valence-corrected chi connectivity index (χ4v) is 3.21. The summed E-state index contributed by atoms with van der Waals surface area (Å²) >= 11 is 1.64. The number of nitrogens with two attached hydrogens (primary N) is 1. The zero-order valence-electron chi connectivity index (χ0n) is 12.5. The maximum atomic E-state index is 12.0. The largest absolute Gasteiger partial charge is 0.330 e. The van der Waals surface area contributed by atoms with Crippen molar-refractivity contribution < 1.29 is 4.79 Å². The van der Waals surface area contributed by atoms with Crippen LogP contribution >= 0.6 is 11.3 Å². The fraction of sp³-hybridized carbons (Fsp3) is 0.733. The molecular weight excluding hydrogens is 256 g/mol. The van der Waals surface area contributed by atoms with Crippen molar-refractivity contribution in [1.82, 2.24) is 4.98 Å². The normalized spacial score (nSPS) is 12.9. The first-order chi connectivity index (χ1) is 8.93. The van der Waals surface area contributed by atoms with Crippen molar-refractivity contribution in [2.75, 3.05) is 6.54 Å². The van der Waals surface area contributed by atoms with Crippen molar-refractivity contribution in [3.8, 4) is 0 Å². The summed E-state index contributed by atoms with van der Waals surface area (Å²) in [5, 5.41) is 0.958. The number of carbonyl (C=O) groups excluding carboxylic acids is 1. The van der Waals surface area contributed by atoms with E-state index in [1.807, 2.05) is 6.92 Å². The molecule has 1 aromatic heterocycles. The molecule has 0 saturated heterocycles. The van der Waals surface area contributed by atoms with E-state index in [1.54, 1.807) is 11.3 Å². The molecule has 2 N–H and O–H groups in total. The summed E-state index contributed by atoms with van der Waals surface area (Å²) in [7, 11) is 0. The number of nitrogens with zero attached hydrogens (tertiary/aromatic N) is 1. The zero-order chi connectivity index (χ0) is 14.4. The molecule has 0 aromatic carbocycles. The molecule has 19 heavy (non-hydrogen) atoms. The lowest BCUT2D eigenvalue weighted by atomic mass is 9.87. The van der Waals surface area contributed by atoms with E-state index in [1.165, 1.54) is 4.88 Å². The van der Waals surface area contributed by atoms with Gasteiger partial charge in [-0.05, 0) is 45.1 Å². The van der Waals surface area contributed by atoms with Crippen LogP contribution in [-0.4, -0.2) is 17.3 Å². The van der Waals surface area contributed by atoms with Crippen LogP contribution in [0.15, 0.2) is 0 Å². The molecular formula is C15H26N2OS. The highest BCUT2D eigenvalue weighted by molar-refractivity contribution is 7.11. The Bertz CT molecular complexity index is 393. The molecule has 0 bridgehead atoms. The van der Waals surface area contributed by atoms with Crippen molar-refractivity contribution in [1.29, 1.82) is 0 Å². The molecule has 0 aliphatic heterocycles. The van der Waals surface area contributed by atoms with E-state index in [9.17, 15) is 4.79 Å². The third-order valence-corrected chi connectivity index (χ3v) is 4.77. The third-order valence-electron chi connectivity index (χ3n) is 3.70. The van der Waals surface area contributed by atoms with Crippen LogP contribution in [0.2, 0.25) is 0 Å². The Morgan fingerprint density at radius 3 is 2.47 bits per heavy atom. The molecule has 0 saturated carbocycles. The topological polar surface area (TPSA) is 56.0 Å². The number of rotatable bonds is 8. The predicted octanol–water partition coefficient (Wildman–Crippen LogP) is 3.27. The third kappa shape index (κ3) is 5.41. The molecule has 0 aliphatic carbocycles. The van der Waals surface area contributed by atoms with Gasteiger partial charge in [0.25, 0.3) is 0 Å². The molecule has 1 heterocycles. The first-order valence-corrected chi connectivity index (χ1v) is 7.90. The molecule has 1 unspecified atom stereocenters. The number of ketones is 1. The van der Waals surface area contributed by atoms with Crippen LogP contribution in [0.25, 0.3) is 0 Å². The van der Waals surface area contributed by atoms with Crippen LogP contribution in [0.5, 0.6) is 0 Å². The standard InChI is InChI=1S/C15H26N2OS/c1-10(2)13(7-8-16)5-6-14(18)9-15-17-11(3)12(4)19-15/h10,13H,5-9,16H2,1-4H3. The molecule has 3 nitrogen and oxygen atoms in total. The van der Waals surface area contributed by atoms with Gasteiger partial charge in [0.1, 0.15) is 10.8 Å². The van der Waals surface area contributed by atoms with Crippen LogP contribution in [-0.2, 0) is 11.2 Å². The van der Waals surface area contributed by atoms with Crippen molar-refractivity contribution in [2.24, 2.45) is 17.6 Å². The van der Waals surface area contributed by atoms with Crippen LogP contribution in [0.3, 0.4) is 0 Å². The van der Waals surface area contributed by atoms with Crippen LogP contribution in [0.4, 0.5) is 0 Å². The van der Waals surface area contributed by atoms with E-state index in [0.29, 0.717) is 37.0 Å².